The zero-order valence-corrected chi connectivity index (χ0v) is 12.4. The number of hydrogen-bond donors (Lipinski definition) is 0. The predicted molar refractivity (Wildman–Crippen MR) is 78.9 cm³/mol. The Bertz CT molecular complexity index is 883. The van der Waals surface area contributed by atoms with Crippen LogP contribution in [-0.2, 0) is 7.05 Å². The van der Waals surface area contributed by atoms with Gasteiger partial charge >= 0.3 is 0 Å². The Hall–Kier alpha value is -2.06. The molecule has 0 saturated carbocycles. The highest BCUT2D eigenvalue weighted by atomic mass is 32.1. The summed E-state index contributed by atoms with van der Waals surface area (Å²) in [5, 5.41) is 22.5. The van der Waals surface area contributed by atoms with E-state index >= 15 is 0 Å². The third-order valence-electron chi connectivity index (χ3n) is 2.99. The number of aryl methyl sites for hydroxylation is 2. The maximum atomic E-state index is 4.62. The lowest BCUT2D eigenvalue weighted by atomic mass is 10.3. The van der Waals surface area contributed by atoms with Crippen molar-refractivity contribution in [2.75, 3.05) is 0 Å². The first-order valence-corrected chi connectivity index (χ1v) is 7.74. The van der Waals surface area contributed by atoms with Gasteiger partial charge in [0.2, 0.25) is 10.8 Å². The van der Waals surface area contributed by atoms with Crippen LogP contribution in [0.3, 0.4) is 0 Å². The lowest BCUT2D eigenvalue weighted by molar-refractivity contribution is 0.754. The molecule has 4 aromatic rings. The van der Waals surface area contributed by atoms with Gasteiger partial charge in [-0.2, -0.15) is 26.0 Å². The maximum Gasteiger partial charge on any atom is 0.235 e. The van der Waals surface area contributed by atoms with E-state index in [1.807, 2.05) is 25.4 Å². The van der Waals surface area contributed by atoms with E-state index in [-0.39, 0.29) is 0 Å². The highest BCUT2D eigenvalue weighted by Crippen LogP contribution is 2.29. The fourth-order valence-electron chi connectivity index (χ4n) is 2.10. The molecule has 0 aliphatic heterocycles. The predicted octanol–water partition coefficient (Wildman–Crippen LogP) is 2.62. The Labute approximate surface area is 122 Å². The molecule has 4 rings (SSSR count). The minimum absolute atomic E-state index is 0.723. The van der Waals surface area contributed by atoms with Gasteiger partial charge in [0.1, 0.15) is 10.7 Å². The van der Waals surface area contributed by atoms with E-state index in [0.717, 1.165) is 32.7 Å². The van der Waals surface area contributed by atoms with E-state index in [2.05, 4.69) is 31.8 Å². The van der Waals surface area contributed by atoms with Gasteiger partial charge in [-0.25, -0.2) is 0 Å². The van der Waals surface area contributed by atoms with E-state index in [1.165, 1.54) is 11.3 Å². The lowest BCUT2D eigenvalue weighted by Gasteiger charge is -1.96. The molecule has 0 N–H and O–H groups in total. The van der Waals surface area contributed by atoms with Crippen LogP contribution in [0.2, 0.25) is 0 Å². The smallest absolute Gasteiger partial charge is 0.235 e. The van der Waals surface area contributed by atoms with Gasteiger partial charge in [-0.15, -0.1) is 10.2 Å². The number of nitrogens with zero attached hydrogens (tertiary/aromatic N) is 6. The van der Waals surface area contributed by atoms with Crippen molar-refractivity contribution in [3.05, 3.63) is 28.6 Å². The van der Waals surface area contributed by atoms with Gasteiger partial charge in [-0.3, -0.25) is 4.68 Å². The number of aromatic nitrogens is 6. The molecule has 0 atom stereocenters. The average molecular weight is 302 g/mol. The number of hydrogen-bond acceptors (Lipinski definition) is 6. The summed E-state index contributed by atoms with van der Waals surface area (Å²) in [6, 6.07) is 4.05. The summed E-state index contributed by atoms with van der Waals surface area (Å²) in [5.41, 5.74) is 2.99. The molecule has 4 aromatic heterocycles. The summed E-state index contributed by atoms with van der Waals surface area (Å²) < 4.78 is 3.59. The molecule has 100 valence electrons. The number of rotatable bonds is 2. The summed E-state index contributed by atoms with van der Waals surface area (Å²) in [6.45, 7) is 1.96. The molecular formula is C12H10N6S2. The normalized spacial score (nSPS) is 11.5. The minimum Gasteiger partial charge on any atom is -0.264 e. The second-order valence-electron chi connectivity index (χ2n) is 4.43. The molecule has 0 bridgehead atoms. The van der Waals surface area contributed by atoms with Crippen molar-refractivity contribution in [2.24, 2.45) is 7.05 Å². The Kier molecular flexibility index (Phi) is 2.48. The van der Waals surface area contributed by atoms with Crippen LogP contribution < -0.4 is 0 Å². The molecule has 4 heterocycles. The molecule has 8 heteroatoms. The van der Waals surface area contributed by atoms with Crippen LogP contribution in [0.15, 0.2) is 22.9 Å². The quantitative estimate of drug-likeness (QED) is 0.571. The summed E-state index contributed by atoms with van der Waals surface area (Å²) in [6.07, 6.45) is 0. The van der Waals surface area contributed by atoms with Gasteiger partial charge in [-0.1, -0.05) is 11.3 Å². The summed E-state index contributed by atoms with van der Waals surface area (Å²) in [7, 11) is 1.90. The number of thiophene rings is 1. The SMILES string of the molecule is Cc1cc(-c2nnc3sc(-c4ccsc4)nn23)n(C)n1. The second kappa shape index (κ2) is 4.22. The van der Waals surface area contributed by atoms with Crippen LogP contribution in [0.1, 0.15) is 5.69 Å². The van der Waals surface area contributed by atoms with Crippen LogP contribution in [0.25, 0.3) is 27.1 Å². The van der Waals surface area contributed by atoms with E-state index in [4.69, 9.17) is 0 Å². The van der Waals surface area contributed by atoms with Crippen LogP contribution in [0.5, 0.6) is 0 Å². The Morgan fingerprint density at radius 1 is 1.20 bits per heavy atom. The molecule has 0 aliphatic carbocycles. The van der Waals surface area contributed by atoms with E-state index in [9.17, 15) is 0 Å². The van der Waals surface area contributed by atoms with Crippen molar-refractivity contribution in [2.45, 2.75) is 6.92 Å². The minimum atomic E-state index is 0.723. The maximum absolute atomic E-state index is 4.62. The molecule has 0 aliphatic rings. The summed E-state index contributed by atoms with van der Waals surface area (Å²) >= 11 is 3.20. The zero-order chi connectivity index (χ0) is 13.7. The monoisotopic (exact) mass is 302 g/mol. The lowest BCUT2D eigenvalue weighted by Crippen LogP contribution is -1.98. The van der Waals surface area contributed by atoms with Crippen molar-refractivity contribution in [1.82, 2.24) is 29.6 Å². The first-order chi connectivity index (χ1) is 9.72. The standard InChI is InChI=1S/C12H10N6S2/c1-7-5-9(17(2)15-7)10-13-14-12-18(10)16-11(20-12)8-3-4-19-6-8/h3-6H,1-2H3. The molecule has 0 saturated heterocycles. The molecule has 0 unspecified atom stereocenters. The second-order valence-corrected chi connectivity index (χ2v) is 6.17. The Morgan fingerprint density at radius 2 is 2.10 bits per heavy atom. The summed E-state index contributed by atoms with van der Waals surface area (Å²) in [5.74, 6) is 0.723. The third-order valence-corrected chi connectivity index (χ3v) is 4.62. The topological polar surface area (TPSA) is 60.9 Å². The first kappa shape index (κ1) is 11.7. The van der Waals surface area contributed by atoms with Crippen molar-refractivity contribution in [3.63, 3.8) is 0 Å². The molecular weight excluding hydrogens is 292 g/mol. The highest BCUT2D eigenvalue weighted by Gasteiger charge is 2.17. The van der Waals surface area contributed by atoms with Gasteiger partial charge in [0, 0.05) is 18.0 Å². The first-order valence-electron chi connectivity index (χ1n) is 5.98. The Morgan fingerprint density at radius 3 is 2.80 bits per heavy atom. The fraction of sp³-hybridized carbons (Fsp3) is 0.167. The van der Waals surface area contributed by atoms with Crippen molar-refractivity contribution >= 4 is 27.6 Å². The van der Waals surface area contributed by atoms with Crippen LogP contribution >= 0.6 is 22.7 Å². The van der Waals surface area contributed by atoms with Gasteiger partial charge in [0.15, 0.2) is 0 Å². The largest absolute Gasteiger partial charge is 0.264 e. The molecule has 6 nitrogen and oxygen atoms in total. The zero-order valence-electron chi connectivity index (χ0n) is 10.8. The van der Waals surface area contributed by atoms with Gasteiger partial charge in [0.05, 0.1) is 5.69 Å². The van der Waals surface area contributed by atoms with E-state index < -0.39 is 0 Å². The number of fused-ring (bicyclic) bond motifs is 1. The molecule has 0 spiro atoms. The van der Waals surface area contributed by atoms with Gasteiger partial charge in [0.25, 0.3) is 0 Å². The van der Waals surface area contributed by atoms with E-state index in [0.29, 0.717) is 0 Å². The Balaban J connectivity index is 1.91. The molecule has 0 aromatic carbocycles. The van der Waals surface area contributed by atoms with Crippen LogP contribution in [0.4, 0.5) is 0 Å². The van der Waals surface area contributed by atoms with Gasteiger partial charge < -0.3 is 0 Å². The van der Waals surface area contributed by atoms with E-state index in [1.54, 1.807) is 20.5 Å². The van der Waals surface area contributed by atoms with Crippen molar-refractivity contribution in [3.8, 4) is 22.1 Å². The molecule has 0 fully saturated rings. The van der Waals surface area contributed by atoms with Crippen molar-refractivity contribution < 1.29 is 0 Å². The van der Waals surface area contributed by atoms with Gasteiger partial charge in [-0.05, 0) is 24.4 Å². The molecule has 0 radical (unpaired) electrons. The highest BCUT2D eigenvalue weighted by molar-refractivity contribution is 7.20. The third kappa shape index (κ3) is 1.69. The average Bonchev–Trinajstić information content (AvgIpc) is 3.12. The van der Waals surface area contributed by atoms with Crippen LogP contribution in [0, 0.1) is 6.92 Å². The summed E-state index contributed by atoms with van der Waals surface area (Å²) in [4.78, 5) is 0.792. The van der Waals surface area contributed by atoms with Crippen molar-refractivity contribution in [1.29, 1.82) is 0 Å². The molecule has 0 amide bonds. The van der Waals surface area contributed by atoms with Crippen LogP contribution in [-0.4, -0.2) is 29.6 Å². The fourth-order valence-corrected chi connectivity index (χ4v) is 3.65. The molecule has 20 heavy (non-hydrogen) atoms.